The number of benzene rings is 2. The van der Waals surface area contributed by atoms with E-state index < -0.39 is 17.0 Å². The maximum atomic E-state index is 14.2. The van der Waals surface area contributed by atoms with Crippen molar-refractivity contribution in [2.75, 3.05) is 19.7 Å². The number of likely N-dealkylation sites (tertiary alicyclic amines) is 1. The Morgan fingerprint density at radius 1 is 1.14 bits per heavy atom. The molecule has 7 heteroatoms. The normalized spacial score (nSPS) is 18.9. The van der Waals surface area contributed by atoms with Gasteiger partial charge in [0.2, 0.25) is 0 Å². The van der Waals surface area contributed by atoms with Crippen molar-refractivity contribution >= 4 is 5.91 Å². The van der Waals surface area contributed by atoms with Crippen LogP contribution in [0.15, 0.2) is 54.7 Å². The number of amides is 1. The highest BCUT2D eigenvalue weighted by molar-refractivity contribution is 6.00. The van der Waals surface area contributed by atoms with Crippen molar-refractivity contribution < 1.29 is 18.7 Å². The molecule has 5 nitrogen and oxygen atoms in total. The Bertz CT molecular complexity index is 1000. The van der Waals surface area contributed by atoms with E-state index in [-0.39, 0.29) is 29.3 Å². The summed E-state index contributed by atoms with van der Waals surface area (Å²) in [6.45, 7) is 0.768. The molecule has 0 bridgehead atoms. The molecule has 1 aromatic heterocycles. The highest BCUT2D eigenvalue weighted by atomic mass is 19.1. The first kappa shape index (κ1) is 19.3. The van der Waals surface area contributed by atoms with Gasteiger partial charge in [0.25, 0.3) is 5.91 Å². The van der Waals surface area contributed by atoms with Crippen LogP contribution in [0.5, 0.6) is 0 Å². The van der Waals surface area contributed by atoms with Crippen LogP contribution in [0.4, 0.5) is 8.78 Å². The molecule has 1 amide bonds. The van der Waals surface area contributed by atoms with Crippen LogP contribution in [0, 0.1) is 17.0 Å². The Kier molecular flexibility index (Phi) is 5.15. The Hall–Kier alpha value is -3.06. The zero-order valence-corrected chi connectivity index (χ0v) is 15.7. The quantitative estimate of drug-likeness (QED) is 0.693. The van der Waals surface area contributed by atoms with E-state index in [9.17, 15) is 18.7 Å². The first-order chi connectivity index (χ1) is 14.0. The number of rotatable bonds is 5. The summed E-state index contributed by atoms with van der Waals surface area (Å²) >= 11 is 0. The molecule has 0 radical (unpaired) electrons. The number of nitrogens with one attached hydrogen (secondary N) is 1. The molecule has 1 atom stereocenters. The van der Waals surface area contributed by atoms with Crippen LogP contribution in [0.1, 0.15) is 22.3 Å². The molecule has 29 heavy (non-hydrogen) atoms. The number of aliphatic hydroxyl groups excluding tert-OH is 1. The van der Waals surface area contributed by atoms with Crippen LogP contribution in [0.2, 0.25) is 0 Å². The Morgan fingerprint density at radius 2 is 1.86 bits per heavy atom. The maximum absolute atomic E-state index is 14.2. The second kappa shape index (κ2) is 7.75. The number of hydrogen-bond acceptors (Lipinski definition) is 3. The monoisotopic (exact) mass is 397 g/mol. The van der Waals surface area contributed by atoms with Gasteiger partial charge in [0, 0.05) is 18.5 Å². The van der Waals surface area contributed by atoms with Gasteiger partial charge in [0.1, 0.15) is 11.6 Å². The van der Waals surface area contributed by atoms with Crippen molar-refractivity contribution in [2.45, 2.75) is 12.8 Å². The van der Waals surface area contributed by atoms with Crippen LogP contribution in [-0.4, -0.2) is 45.8 Å². The van der Waals surface area contributed by atoms with Crippen LogP contribution >= 0.6 is 0 Å². The summed E-state index contributed by atoms with van der Waals surface area (Å²) in [5, 5.41) is 16.5. The van der Waals surface area contributed by atoms with Crippen molar-refractivity contribution in [1.82, 2.24) is 15.1 Å². The van der Waals surface area contributed by atoms with E-state index in [0.29, 0.717) is 25.9 Å². The predicted octanol–water partition coefficient (Wildman–Crippen LogP) is 3.42. The number of hydrogen-bond donors (Lipinski definition) is 2. The van der Waals surface area contributed by atoms with Crippen molar-refractivity contribution in [3.05, 3.63) is 77.5 Å². The summed E-state index contributed by atoms with van der Waals surface area (Å²) in [6.07, 6.45) is 2.58. The topological polar surface area (TPSA) is 69.2 Å². The smallest absolute Gasteiger partial charge is 0.257 e. The minimum atomic E-state index is -0.765. The molecule has 150 valence electrons. The standard InChI is InChI=1S/C22H21F2N3O2/c23-17-7-4-8-18(24)19(17)20-16(12-25-26-20)21(29)27-10-9-22(13-27,14-28)11-15-5-2-1-3-6-15/h1-8,12,28H,9-11,13-14H2,(H,25,26). The minimum absolute atomic E-state index is 0.0233. The molecule has 0 spiro atoms. The van der Waals surface area contributed by atoms with Crippen molar-refractivity contribution in [1.29, 1.82) is 0 Å². The molecule has 1 fully saturated rings. The largest absolute Gasteiger partial charge is 0.396 e. The van der Waals surface area contributed by atoms with E-state index in [0.717, 1.165) is 17.7 Å². The van der Waals surface area contributed by atoms with Crippen molar-refractivity contribution in [3.8, 4) is 11.3 Å². The van der Waals surface area contributed by atoms with Gasteiger partial charge in [-0.1, -0.05) is 36.4 Å². The molecule has 2 N–H and O–H groups in total. The third kappa shape index (κ3) is 3.65. The lowest BCUT2D eigenvalue weighted by atomic mass is 9.81. The number of halogens is 2. The molecule has 0 aliphatic carbocycles. The lowest BCUT2D eigenvalue weighted by molar-refractivity contribution is 0.0740. The van der Waals surface area contributed by atoms with Gasteiger partial charge in [-0.15, -0.1) is 0 Å². The summed E-state index contributed by atoms with van der Waals surface area (Å²) in [5.41, 5.74) is 0.487. The number of aromatic nitrogens is 2. The number of H-pyrrole nitrogens is 1. The molecule has 0 saturated carbocycles. The van der Waals surface area contributed by atoms with Crippen molar-refractivity contribution in [3.63, 3.8) is 0 Å². The highest BCUT2D eigenvalue weighted by Crippen LogP contribution is 2.36. The molecule has 3 aromatic rings. The SMILES string of the molecule is O=C(c1cn[nH]c1-c1c(F)cccc1F)N1CCC(CO)(Cc2ccccc2)C1. The summed E-state index contributed by atoms with van der Waals surface area (Å²) < 4.78 is 28.4. The molecule has 2 heterocycles. The Labute approximate surface area is 167 Å². The maximum Gasteiger partial charge on any atom is 0.257 e. The lowest BCUT2D eigenvalue weighted by Crippen LogP contribution is -2.35. The van der Waals surface area contributed by atoms with Crippen LogP contribution in [-0.2, 0) is 6.42 Å². The average Bonchev–Trinajstić information content (AvgIpc) is 3.36. The first-order valence-corrected chi connectivity index (χ1v) is 9.45. The van der Waals surface area contributed by atoms with E-state index in [1.165, 1.54) is 12.3 Å². The fourth-order valence-electron chi connectivity index (χ4n) is 4.01. The Morgan fingerprint density at radius 3 is 2.55 bits per heavy atom. The first-order valence-electron chi connectivity index (χ1n) is 9.45. The highest BCUT2D eigenvalue weighted by Gasteiger charge is 2.40. The second-order valence-electron chi connectivity index (χ2n) is 7.55. The zero-order chi connectivity index (χ0) is 20.4. The second-order valence-corrected chi connectivity index (χ2v) is 7.55. The summed E-state index contributed by atoms with van der Waals surface area (Å²) in [5.74, 6) is -1.89. The van der Waals surface area contributed by atoms with E-state index in [1.54, 1.807) is 4.90 Å². The van der Waals surface area contributed by atoms with Gasteiger partial charge in [-0.2, -0.15) is 5.10 Å². The zero-order valence-electron chi connectivity index (χ0n) is 15.7. The molecule has 1 aliphatic rings. The third-order valence-corrected chi connectivity index (χ3v) is 5.57. The fraction of sp³-hybridized carbons (Fsp3) is 0.273. The van der Waals surface area contributed by atoms with Crippen LogP contribution < -0.4 is 0 Å². The predicted molar refractivity (Wildman–Crippen MR) is 104 cm³/mol. The number of aromatic amines is 1. The molecule has 2 aromatic carbocycles. The summed E-state index contributed by atoms with van der Waals surface area (Å²) in [4.78, 5) is 14.7. The van der Waals surface area contributed by atoms with Gasteiger partial charge in [-0.05, 0) is 30.5 Å². The molecule has 1 unspecified atom stereocenters. The van der Waals surface area contributed by atoms with Crippen molar-refractivity contribution in [2.24, 2.45) is 5.41 Å². The molecule has 1 aliphatic heterocycles. The molecule has 1 saturated heterocycles. The molecular formula is C22H21F2N3O2. The van der Waals surface area contributed by atoms with E-state index in [4.69, 9.17) is 0 Å². The number of nitrogens with zero attached hydrogens (tertiary/aromatic N) is 2. The third-order valence-electron chi connectivity index (χ3n) is 5.57. The van der Waals surface area contributed by atoms with Gasteiger partial charge in [-0.25, -0.2) is 8.78 Å². The summed E-state index contributed by atoms with van der Waals surface area (Å²) in [7, 11) is 0. The molecular weight excluding hydrogens is 376 g/mol. The van der Waals surface area contributed by atoms with Gasteiger partial charge >= 0.3 is 0 Å². The van der Waals surface area contributed by atoms with E-state index >= 15 is 0 Å². The van der Waals surface area contributed by atoms with Crippen LogP contribution in [0.3, 0.4) is 0 Å². The van der Waals surface area contributed by atoms with Gasteiger partial charge in [-0.3, -0.25) is 9.89 Å². The number of carbonyl (C=O) groups excluding carboxylic acids is 1. The van der Waals surface area contributed by atoms with Gasteiger partial charge in [0.15, 0.2) is 0 Å². The van der Waals surface area contributed by atoms with Crippen LogP contribution in [0.25, 0.3) is 11.3 Å². The minimum Gasteiger partial charge on any atom is -0.396 e. The van der Waals surface area contributed by atoms with Gasteiger partial charge < -0.3 is 10.0 Å². The van der Waals surface area contributed by atoms with E-state index in [2.05, 4.69) is 10.2 Å². The molecule has 4 rings (SSSR count). The Balaban J connectivity index is 1.58. The van der Waals surface area contributed by atoms with Gasteiger partial charge in [0.05, 0.1) is 29.6 Å². The fourth-order valence-corrected chi connectivity index (χ4v) is 4.01. The number of aliphatic hydroxyl groups is 1. The van der Waals surface area contributed by atoms with E-state index in [1.807, 2.05) is 30.3 Å². The summed E-state index contributed by atoms with van der Waals surface area (Å²) in [6, 6.07) is 13.4. The average molecular weight is 397 g/mol. The number of carbonyl (C=O) groups is 1. The lowest BCUT2D eigenvalue weighted by Gasteiger charge is -2.27.